The Kier molecular flexibility index (Phi) is 1.71. The van der Waals surface area contributed by atoms with Gasteiger partial charge in [-0.1, -0.05) is 0 Å². The fourth-order valence-corrected chi connectivity index (χ4v) is 0.579. The second kappa shape index (κ2) is 2.40. The van der Waals surface area contributed by atoms with E-state index in [1.54, 1.807) is 0 Å². The molecule has 0 unspecified atom stereocenters. The molecule has 0 saturated carbocycles. The Bertz CT molecular complexity index is 285. The largest absolute Gasteiger partial charge is 0.396 e. The Morgan fingerprint density at radius 1 is 1.45 bits per heavy atom. The monoisotopic (exact) mass is 167 g/mol. The molecule has 2 N–H and O–H groups in total. The summed E-state index contributed by atoms with van der Waals surface area (Å²) in [4.78, 5) is 12.1. The molecule has 0 radical (unpaired) electrons. The first-order valence-corrected chi connectivity index (χ1v) is 2.68. The lowest BCUT2D eigenvalue weighted by Crippen LogP contribution is -2.13. The predicted octanol–water partition coefficient (Wildman–Crippen LogP) is 0.203. The van der Waals surface area contributed by atoms with Crippen LogP contribution in [-0.2, 0) is 6.42 Å². The van der Waals surface area contributed by atoms with Gasteiger partial charge >= 0.3 is 11.9 Å². The van der Waals surface area contributed by atoms with E-state index < -0.39 is 24.1 Å². The molecule has 0 aliphatic carbocycles. The summed E-state index contributed by atoms with van der Waals surface area (Å²) in [6.07, 6.45) is -5.55. The number of nitrogens with zero attached hydrogens (tertiary/aromatic N) is 1. The van der Waals surface area contributed by atoms with Crippen LogP contribution >= 0.6 is 0 Å². The molecule has 1 heterocycles. The van der Waals surface area contributed by atoms with Crippen molar-refractivity contribution >= 4 is 0 Å². The number of H-pyrrole nitrogens is 2. The van der Waals surface area contributed by atoms with Gasteiger partial charge in [0.05, 0.1) is 0 Å². The minimum Gasteiger partial charge on any atom is -0.293 e. The maximum atomic E-state index is 11.6. The van der Waals surface area contributed by atoms with Gasteiger partial charge in [0.1, 0.15) is 12.2 Å². The van der Waals surface area contributed by atoms with E-state index in [4.69, 9.17) is 0 Å². The highest BCUT2D eigenvalue weighted by atomic mass is 19.4. The van der Waals surface area contributed by atoms with Crippen LogP contribution in [0.15, 0.2) is 4.79 Å². The molecule has 0 bridgehead atoms. The van der Waals surface area contributed by atoms with Crippen molar-refractivity contribution in [3.05, 3.63) is 16.3 Å². The summed E-state index contributed by atoms with van der Waals surface area (Å²) in [5.74, 6) is -0.400. The molecule has 62 valence electrons. The summed E-state index contributed by atoms with van der Waals surface area (Å²) in [5.41, 5.74) is -0.732. The summed E-state index contributed by atoms with van der Waals surface area (Å²) in [5, 5.41) is 4.92. The van der Waals surface area contributed by atoms with E-state index in [0.29, 0.717) is 0 Å². The van der Waals surface area contributed by atoms with Gasteiger partial charge in [-0.05, 0) is 0 Å². The van der Waals surface area contributed by atoms with E-state index in [2.05, 4.69) is 5.10 Å². The molecule has 7 heteroatoms. The molecular formula is C4H4F3N3O. The lowest BCUT2D eigenvalue weighted by molar-refractivity contribution is -0.128. The van der Waals surface area contributed by atoms with Gasteiger partial charge in [-0.25, -0.2) is 9.89 Å². The quantitative estimate of drug-likeness (QED) is 0.627. The lowest BCUT2D eigenvalue weighted by Gasteiger charge is -2.00. The Labute approximate surface area is 58.4 Å². The van der Waals surface area contributed by atoms with Crippen LogP contribution in [0, 0.1) is 0 Å². The van der Waals surface area contributed by atoms with Crippen LogP contribution in [0.2, 0.25) is 0 Å². The van der Waals surface area contributed by atoms with E-state index in [-0.39, 0.29) is 0 Å². The fraction of sp³-hybridized carbons (Fsp3) is 0.500. The summed E-state index contributed by atoms with van der Waals surface area (Å²) in [6, 6.07) is 0. The predicted molar refractivity (Wildman–Crippen MR) is 29.0 cm³/mol. The zero-order chi connectivity index (χ0) is 8.48. The molecule has 1 aromatic rings. The number of hydrogen-bond acceptors (Lipinski definition) is 2. The van der Waals surface area contributed by atoms with E-state index >= 15 is 0 Å². The second-order valence-corrected chi connectivity index (χ2v) is 1.92. The van der Waals surface area contributed by atoms with Gasteiger partial charge in [-0.3, -0.25) is 4.98 Å². The zero-order valence-electron chi connectivity index (χ0n) is 5.20. The third kappa shape index (κ3) is 2.44. The van der Waals surface area contributed by atoms with Gasteiger partial charge in [0, 0.05) is 0 Å². The first-order chi connectivity index (χ1) is 4.97. The minimum absolute atomic E-state index is 0.400. The Balaban J connectivity index is 2.73. The smallest absolute Gasteiger partial charge is 0.293 e. The van der Waals surface area contributed by atoms with Crippen LogP contribution in [0.1, 0.15) is 5.82 Å². The first kappa shape index (κ1) is 7.83. The summed E-state index contributed by atoms with van der Waals surface area (Å²) < 4.78 is 34.7. The first-order valence-electron chi connectivity index (χ1n) is 2.68. The Morgan fingerprint density at radius 3 is 2.45 bits per heavy atom. The van der Waals surface area contributed by atoms with Crippen LogP contribution in [0.3, 0.4) is 0 Å². The van der Waals surface area contributed by atoms with Gasteiger partial charge in [0.15, 0.2) is 0 Å². The van der Waals surface area contributed by atoms with Crippen molar-refractivity contribution in [1.29, 1.82) is 0 Å². The number of hydrogen-bond donors (Lipinski definition) is 2. The third-order valence-electron chi connectivity index (χ3n) is 0.918. The van der Waals surface area contributed by atoms with Gasteiger partial charge in [0.25, 0.3) is 0 Å². The van der Waals surface area contributed by atoms with Crippen molar-refractivity contribution in [3.63, 3.8) is 0 Å². The van der Waals surface area contributed by atoms with E-state index in [1.165, 1.54) is 0 Å². The molecule has 0 fully saturated rings. The second-order valence-electron chi connectivity index (χ2n) is 1.92. The molecule has 4 nitrogen and oxygen atoms in total. The molecule has 0 aliphatic heterocycles. The standard InChI is InChI=1S/C4H4F3N3O/c5-4(6,7)1-2-8-3(11)10-9-2/h1H2,(H2,8,9,10,11). The molecule has 1 rings (SSSR count). The normalized spacial score (nSPS) is 11.9. The average molecular weight is 167 g/mol. The van der Waals surface area contributed by atoms with Crippen molar-refractivity contribution in [2.45, 2.75) is 12.6 Å². The maximum absolute atomic E-state index is 11.6. The molecule has 0 amide bonds. The topological polar surface area (TPSA) is 61.5 Å². The lowest BCUT2D eigenvalue weighted by atomic mass is 10.4. The van der Waals surface area contributed by atoms with Crippen LogP contribution in [0.25, 0.3) is 0 Å². The molecule has 0 spiro atoms. The van der Waals surface area contributed by atoms with Gasteiger partial charge in [0.2, 0.25) is 0 Å². The third-order valence-corrected chi connectivity index (χ3v) is 0.918. The van der Waals surface area contributed by atoms with E-state index in [9.17, 15) is 18.0 Å². The zero-order valence-corrected chi connectivity index (χ0v) is 5.20. The number of halogens is 3. The molecular weight excluding hydrogens is 163 g/mol. The highest BCUT2D eigenvalue weighted by molar-refractivity contribution is 4.83. The van der Waals surface area contributed by atoms with Crippen LogP contribution in [0.5, 0.6) is 0 Å². The number of nitrogens with one attached hydrogen (secondary N) is 2. The van der Waals surface area contributed by atoms with E-state index in [1.807, 2.05) is 10.1 Å². The highest BCUT2D eigenvalue weighted by Crippen LogP contribution is 2.17. The van der Waals surface area contributed by atoms with E-state index in [0.717, 1.165) is 0 Å². The highest BCUT2D eigenvalue weighted by Gasteiger charge is 2.29. The number of aromatic amines is 2. The Hall–Kier alpha value is -1.27. The maximum Gasteiger partial charge on any atom is 0.396 e. The summed E-state index contributed by atoms with van der Waals surface area (Å²) >= 11 is 0. The molecule has 0 aliphatic rings. The number of alkyl halides is 3. The Morgan fingerprint density at radius 2 is 2.09 bits per heavy atom. The summed E-state index contributed by atoms with van der Waals surface area (Å²) in [6.45, 7) is 0. The van der Waals surface area contributed by atoms with Crippen molar-refractivity contribution in [3.8, 4) is 0 Å². The van der Waals surface area contributed by atoms with Gasteiger partial charge in [-0.15, -0.1) is 0 Å². The molecule has 0 atom stereocenters. The summed E-state index contributed by atoms with van der Waals surface area (Å²) in [7, 11) is 0. The van der Waals surface area contributed by atoms with Crippen LogP contribution < -0.4 is 5.69 Å². The van der Waals surface area contributed by atoms with Gasteiger partial charge in [-0.2, -0.15) is 18.3 Å². The molecule has 0 aromatic carbocycles. The van der Waals surface area contributed by atoms with Crippen molar-refractivity contribution in [2.24, 2.45) is 0 Å². The van der Waals surface area contributed by atoms with Crippen LogP contribution in [-0.4, -0.2) is 21.4 Å². The van der Waals surface area contributed by atoms with Crippen molar-refractivity contribution in [1.82, 2.24) is 15.2 Å². The minimum atomic E-state index is -4.34. The van der Waals surface area contributed by atoms with Crippen molar-refractivity contribution < 1.29 is 13.2 Å². The molecule has 1 aromatic heterocycles. The number of rotatable bonds is 1. The molecule has 0 saturated heterocycles. The van der Waals surface area contributed by atoms with Crippen LogP contribution in [0.4, 0.5) is 13.2 Å². The average Bonchev–Trinajstić information content (AvgIpc) is 2.10. The SMILES string of the molecule is O=c1[nH]nc(CC(F)(F)F)[nH]1. The van der Waals surface area contributed by atoms with Gasteiger partial charge < -0.3 is 0 Å². The van der Waals surface area contributed by atoms with Crippen molar-refractivity contribution in [2.75, 3.05) is 0 Å². The fourth-order valence-electron chi connectivity index (χ4n) is 0.579. The number of aromatic nitrogens is 3. The molecule has 11 heavy (non-hydrogen) atoms.